The lowest BCUT2D eigenvalue weighted by atomic mass is 10.3. The van der Waals surface area contributed by atoms with Gasteiger partial charge < -0.3 is 5.32 Å². The normalized spacial score (nSPS) is 26.7. The maximum Gasteiger partial charge on any atom is 0.0959 e. The summed E-state index contributed by atoms with van der Waals surface area (Å²) in [4.78, 5) is 4.35. The average molecular weight is 196 g/mol. The van der Waals surface area contributed by atoms with Crippen molar-refractivity contribution in [2.75, 3.05) is 6.54 Å². The molecule has 1 fully saturated rings. The highest BCUT2D eigenvalue weighted by Crippen LogP contribution is 2.47. The summed E-state index contributed by atoms with van der Waals surface area (Å²) in [5, 5.41) is 6.88. The van der Waals surface area contributed by atoms with Gasteiger partial charge in [0, 0.05) is 23.5 Å². The molecular weight excluding hydrogens is 180 g/mol. The molecule has 1 aliphatic rings. The maximum absolute atomic E-state index is 4.35. The predicted molar refractivity (Wildman–Crippen MR) is 56.1 cm³/mol. The first kappa shape index (κ1) is 9.16. The van der Waals surface area contributed by atoms with Crippen molar-refractivity contribution in [2.45, 2.75) is 32.2 Å². The molecule has 0 saturated heterocycles. The minimum Gasteiger partial charge on any atom is -0.314 e. The summed E-state index contributed by atoms with van der Waals surface area (Å²) in [7, 11) is 0. The summed E-state index contributed by atoms with van der Waals surface area (Å²) in [5.41, 5.74) is 0. The van der Waals surface area contributed by atoms with E-state index in [1.54, 1.807) is 11.3 Å². The predicted octanol–water partition coefficient (Wildman–Crippen LogP) is 2.24. The van der Waals surface area contributed by atoms with Crippen LogP contribution in [0.3, 0.4) is 0 Å². The first-order valence-electron chi connectivity index (χ1n) is 4.90. The molecule has 1 aromatic heterocycles. The summed E-state index contributed by atoms with van der Waals surface area (Å²) in [5.74, 6) is 1.60. The van der Waals surface area contributed by atoms with Gasteiger partial charge in [0.15, 0.2) is 0 Å². The molecule has 2 unspecified atom stereocenters. The molecule has 0 aromatic carbocycles. The number of hydrogen-bond donors (Lipinski definition) is 1. The van der Waals surface area contributed by atoms with E-state index in [0.717, 1.165) is 18.4 Å². The SMILES string of the molecule is CC(C)NCC1CC1c1nccs1. The van der Waals surface area contributed by atoms with Crippen molar-refractivity contribution in [1.29, 1.82) is 0 Å². The molecular formula is C10H16N2S. The van der Waals surface area contributed by atoms with E-state index in [-0.39, 0.29) is 0 Å². The number of thiazole rings is 1. The Bertz CT molecular complexity index is 256. The number of rotatable bonds is 4. The van der Waals surface area contributed by atoms with E-state index in [2.05, 4.69) is 29.5 Å². The summed E-state index contributed by atoms with van der Waals surface area (Å²) in [6, 6.07) is 0.609. The third-order valence-corrected chi connectivity index (χ3v) is 3.39. The second-order valence-corrected chi connectivity index (χ2v) is 4.96. The highest BCUT2D eigenvalue weighted by atomic mass is 32.1. The van der Waals surface area contributed by atoms with Crippen LogP contribution < -0.4 is 5.32 Å². The van der Waals surface area contributed by atoms with Crippen LogP contribution in [0.25, 0.3) is 0 Å². The van der Waals surface area contributed by atoms with Crippen LogP contribution in [0, 0.1) is 5.92 Å². The highest BCUT2D eigenvalue weighted by Gasteiger charge is 2.39. The van der Waals surface area contributed by atoms with Crippen molar-refractivity contribution in [3.63, 3.8) is 0 Å². The van der Waals surface area contributed by atoms with E-state index >= 15 is 0 Å². The van der Waals surface area contributed by atoms with Crippen molar-refractivity contribution in [2.24, 2.45) is 5.92 Å². The van der Waals surface area contributed by atoms with E-state index in [1.165, 1.54) is 11.4 Å². The van der Waals surface area contributed by atoms with Gasteiger partial charge in [-0.05, 0) is 18.9 Å². The van der Waals surface area contributed by atoms with Gasteiger partial charge in [-0.25, -0.2) is 4.98 Å². The zero-order valence-electron chi connectivity index (χ0n) is 8.16. The molecule has 1 heterocycles. The third kappa shape index (κ3) is 2.29. The average Bonchev–Trinajstić information content (AvgIpc) is 2.66. The van der Waals surface area contributed by atoms with Crippen molar-refractivity contribution >= 4 is 11.3 Å². The van der Waals surface area contributed by atoms with Gasteiger partial charge in [-0.2, -0.15) is 0 Å². The lowest BCUT2D eigenvalue weighted by Gasteiger charge is -2.06. The summed E-state index contributed by atoms with van der Waals surface area (Å²) in [6.45, 7) is 5.55. The van der Waals surface area contributed by atoms with Gasteiger partial charge >= 0.3 is 0 Å². The van der Waals surface area contributed by atoms with Crippen LogP contribution in [0.1, 0.15) is 31.2 Å². The number of nitrogens with one attached hydrogen (secondary N) is 1. The van der Waals surface area contributed by atoms with E-state index in [1.807, 2.05) is 6.20 Å². The van der Waals surface area contributed by atoms with Crippen LogP contribution in [0.2, 0.25) is 0 Å². The molecule has 1 N–H and O–H groups in total. The Labute approximate surface area is 83.4 Å². The van der Waals surface area contributed by atoms with Gasteiger partial charge in [-0.1, -0.05) is 13.8 Å². The molecule has 0 bridgehead atoms. The van der Waals surface area contributed by atoms with Crippen LogP contribution >= 0.6 is 11.3 Å². The fourth-order valence-corrected chi connectivity index (χ4v) is 2.43. The van der Waals surface area contributed by atoms with Gasteiger partial charge in [0.05, 0.1) is 5.01 Å². The molecule has 1 aliphatic carbocycles. The molecule has 2 atom stereocenters. The Kier molecular flexibility index (Phi) is 2.65. The van der Waals surface area contributed by atoms with Crippen molar-refractivity contribution in [3.05, 3.63) is 16.6 Å². The number of hydrogen-bond acceptors (Lipinski definition) is 3. The van der Waals surface area contributed by atoms with Crippen molar-refractivity contribution in [3.8, 4) is 0 Å². The smallest absolute Gasteiger partial charge is 0.0959 e. The number of aromatic nitrogens is 1. The Morgan fingerprint density at radius 2 is 2.54 bits per heavy atom. The lowest BCUT2D eigenvalue weighted by molar-refractivity contribution is 0.554. The molecule has 1 saturated carbocycles. The topological polar surface area (TPSA) is 24.9 Å². The molecule has 0 amide bonds. The van der Waals surface area contributed by atoms with Crippen molar-refractivity contribution < 1.29 is 0 Å². The minimum absolute atomic E-state index is 0.609. The Hall–Kier alpha value is -0.410. The molecule has 13 heavy (non-hydrogen) atoms. The van der Waals surface area contributed by atoms with Crippen LogP contribution in [0.4, 0.5) is 0 Å². The van der Waals surface area contributed by atoms with E-state index in [9.17, 15) is 0 Å². The Morgan fingerprint density at radius 1 is 1.69 bits per heavy atom. The van der Waals surface area contributed by atoms with Crippen LogP contribution in [-0.4, -0.2) is 17.6 Å². The van der Waals surface area contributed by atoms with Gasteiger partial charge in [-0.3, -0.25) is 0 Å². The Balaban J connectivity index is 1.77. The van der Waals surface area contributed by atoms with Gasteiger partial charge in [0.1, 0.15) is 0 Å². The Morgan fingerprint density at radius 3 is 3.15 bits per heavy atom. The first-order valence-corrected chi connectivity index (χ1v) is 5.78. The fraction of sp³-hybridized carbons (Fsp3) is 0.700. The monoisotopic (exact) mass is 196 g/mol. The molecule has 0 spiro atoms. The second-order valence-electron chi connectivity index (χ2n) is 4.04. The van der Waals surface area contributed by atoms with E-state index in [4.69, 9.17) is 0 Å². The zero-order chi connectivity index (χ0) is 9.26. The largest absolute Gasteiger partial charge is 0.314 e. The summed E-state index contributed by atoms with van der Waals surface area (Å²) >= 11 is 1.79. The van der Waals surface area contributed by atoms with Gasteiger partial charge in [0.25, 0.3) is 0 Å². The quantitative estimate of drug-likeness (QED) is 0.799. The van der Waals surface area contributed by atoms with Crippen LogP contribution in [-0.2, 0) is 0 Å². The van der Waals surface area contributed by atoms with Crippen LogP contribution in [0.5, 0.6) is 0 Å². The molecule has 1 aromatic rings. The molecule has 2 nitrogen and oxygen atoms in total. The molecule has 3 heteroatoms. The third-order valence-electron chi connectivity index (χ3n) is 2.48. The second kappa shape index (κ2) is 3.76. The van der Waals surface area contributed by atoms with Crippen LogP contribution in [0.15, 0.2) is 11.6 Å². The number of nitrogens with zero attached hydrogens (tertiary/aromatic N) is 1. The lowest BCUT2D eigenvalue weighted by Crippen LogP contribution is -2.25. The summed E-state index contributed by atoms with van der Waals surface area (Å²) < 4.78 is 0. The van der Waals surface area contributed by atoms with Crippen molar-refractivity contribution in [1.82, 2.24) is 10.3 Å². The highest BCUT2D eigenvalue weighted by molar-refractivity contribution is 7.09. The minimum atomic E-state index is 0.609. The molecule has 72 valence electrons. The van der Waals surface area contributed by atoms with E-state index in [0.29, 0.717) is 6.04 Å². The fourth-order valence-electron chi connectivity index (χ4n) is 1.58. The first-order chi connectivity index (χ1) is 6.27. The van der Waals surface area contributed by atoms with Gasteiger partial charge in [0.2, 0.25) is 0 Å². The standard InChI is InChI=1S/C10H16N2S/c1-7(2)12-6-8-5-9(8)10-11-3-4-13-10/h3-4,7-9,12H,5-6H2,1-2H3. The molecule has 0 radical (unpaired) electrons. The van der Waals surface area contributed by atoms with E-state index < -0.39 is 0 Å². The molecule has 0 aliphatic heterocycles. The summed E-state index contributed by atoms with van der Waals surface area (Å²) in [6.07, 6.45) is 3.23. The maximum atomic E-state index is 4.35. The molecule has 2 rings (SSSR count). The van der Waals surface area contributed by atoms with Gasteiger partial charge in [-0.15, -0.1) is 11.3 Å². The zero-order valence-corrected chi connectivity index (χ0v) is 8.97.